The number of ether oxygens (including phenoxy) is 2. The lowest BCUT2D eigenvalue weighted by atomic mass is 9.76. The molecule has 49 heavy (non-hydrogen) atoms. The molecule has 0 aliphatic carbocycles. The average molecular weight is 639 g/mol. The molecule has 0 radical (unpaired) electrons. The van der Waals surface area contributed by atoms with Crippen molar-refractivity contribution in [1.82, 2.24) is 0 Å². The molecule has 0 aliphatic rings. The molecule has 0 heterocycles. The van der Waals surface area contributed by atoms with Crippen LogP contribution < -0.4 is 9.47 Å². The van der Waals surface area contributed by atoms with Crippen molar-refractivity contribution in [3.05, 3.63) is 191 Å². The van der Waals surface area contributed by atoms with Crippen molar-refractivity contribution in [3.63, 3.8) is 0 Å². The summed E-state index contributed by atoms with van der Waals surface area (Å²) in [6.07, 6.45) is 0. The second-order valence-corrected chi connectivity index (χ2v) is 12.1. The second-order valence-electron chi connectivity index (χ2n) is 12.1. The SMILES string of the molecule is COc1ccc(C(C)(C)c2ccc(OC)c(C(=C=Nc3ccccc3)c3ccccc3)c2)cc1C(=C=Nc1ccccc1)c1ccccc1. The highest BCUT2D eigenvalue weighted by Crippen LogP contribution is 2.40. The third-order valence-corrected chi connectivity index (χ3v) is 8.61. The molecule has 0 bridgehead atoms. The van der Waals surface area contributed by atoms with E-state index in [2.05, 4.69) is 74.1 Å². The Morgan fingerprint density at radius 3 is 1.16 bits per heavy atom. The zero-order valence-electron chi connectivity index (χ0n) is 28.2. The third-order valence-electron chi connectivity index (χ3n) is 8.61. The monoisotopic (exact) mass is 638 g/mol. The van der Waals surface area contributed by atoms with Crippen molar-refractivity contribution in [2.75, 3.05) is 14.2 Å². The van der Waals surface area contributed by atoms with E-state index in [1.54, 1.807) is 14.2 Å². The van der Waals surface area contributed by atoms with Crippen LogP contribution in [0.25, 0.3) is 11.1 Å². The third kappa shape index (κ3) is 7.53. The van der Waals surface area contributed by atoms with E-state index in [-0.39, 0.29) is 0 Å². The van der Waals surface area contributed by atoms with Crippen LogP contribution in [0, 0.1) is 0 Å². The Morgan fingerprint density at radius 1 is 0.469 bits per heavy atom. The van der Waals surface area contributed by atoms with Crippen molar-refractivity contribution < 1.29 is 9.47 Å². The van der Waals surface area contributed by atoms with Gasteiger partial charge in [-0.2, -0.15) is 0 Å². The van der Waals surface area contributed by atoms with Gasteiger partial charge in [-0.05, 0) is 82.5 Å². The number of nitrogens with zero attached hydrogens (tertiary/aromatic N) is 2. The lowest BCUT2D eigenvalue weighted by Gasteiger charge is -2.28. The number of rotatable bonds is 10. The van der Waals surface area contributed by atoms with Gasteiger partial charge < -0.3 is 9.47 Å². The van der Waals surface area contributed by atoms with Gasteiger partial charge in [0.15, 0.2) is 0 Å². The zero-order chi connectivity index (χ0) is 34.1. The molecule has 0 fully saturated rings. The molecule has 0 N–H and O–H groups in total. The molecule has 6 aromatic rings. The number of hydrogen-bond donors (Lipinski definition) is 0. The predicted molar refractivity (Wildman–Crippen MR) is 203 cm³/mol. The van der Waals surface area contributed by atoms with E-state index in [0.717, 1.165) is 67.4 Å². The molecule has 0 amide bonds. The Kier molecular flexibility index (Phi) is 10.1. The van der Waals surface area contributed by atoms with Gasteiger partial charge in [0.25, 0.3) is 0 Å². The first-order valence-electron chi connectivity index (χ1n) is 16.2. The number of aliphatic imine (C=N–C) groups is 2. The van der Waals surface area contributed by atoms with Crippen LogP contribution in [0.2, 0.25) is 0 Å². The molecule has 6 rings (SSSR count). The van der Waals surface area contributed by atoms with E-state index in [1.807, 2.05) is 109 Å². The standard InChI is InChI=1S/C45H38N2O2/c1-45(2,35-25-27-43(48-3)39(29-35)41(33-17-9-5-10-18-33)31-46-37-21-13-7-14-22-37)36-26-28-44(49-4)40(30-36)42(34-19-11-6-12-20-34)32-47-38-23-15-8-16-24-38/h5-30H,1-4H3. The second kappa shape index (κ2) is 15.2. The summed E-state index contributed by atoms with van der Waals surface area (Å²) >= 11 is 0. The van der Waals surface area contributed by atoms with Gasteiger partial charge in [0.2, 0.25) is 0 Å². The molecule has 0 saturated carbocycles. The van der Waals surface area contributed by atoms with Crippen molar-refractivity contribution in [2.45, 2.75) is 19.3 Å². The first-order valence-corrected chi connectivity index (χ1v) is 16.2. The average Bonchev–Trinajstić information content (AvgIpc) is 3.16. The molecular weight excluding hydrogens is 601 g/mol. The van der Waals surface area contributed by atoms with Crippen LogP contribution in [-0.2, 0) is 5.41 Å². The van der Waals surface area contributed by atoms with E-state index < -0.39 is 5.41 Å². The molecule has 6 aromatic carbocycles. The summed E-state index contributed by atoms with van der Waals surface area (Å²) in [4.78, 5) is 9.46. The van der Waals surface area contributed by atoms with Crippen LogP contribution in [0.3, 0.4) is 0 Å². The fourth-order valence-electron chi connectivity index (χ4n) is 5.77. The highest BCUT2D eigenvalue weighted by atomic mass is 16.5. The van der Waals surface area contributed by atoms with E-state index in [4.69, 9.17) is 19.5 Å². The van der Waals surface area contributed by atoms with Gasteiger partial charge in [0.05, 0.1) is 36.7 Å². The predicted octanol–water partition coefficient (Wildman–Crippen LogP) is 10.9. The van der Waals surface area contributed by atoms with Crippen molar-refractivity contribution in [3.8, 4) is 11.5 Å². The van der Waals surface area contributed by atoms with E-state index in [9.17, 15) is 0 Å². The quantitative estimate of drug-likeness (QED) is 0.140. The topological polar surface area (TPSA) is 43.2 Å². The van der Waals surface area contributed by atoms with Crippen LogP contribution in [-0.4, -0.2) is 26.0 Å². The zero-order valence-corrected chi connectivity index (χ0v) is 28.2. The van der Waals surface area contributed by atoms with Gasteiger partial charge in [-0.15, -0.1) is 0 Å². The van der Waals surface area contributed by atoms with Crippen LogP contribution in [0.4, 0.5) is 11.4 Å². The molecule has 0 atom stereocenters. The number of benzene rings is 6. The molecule has 0 aliphatic heterocycles. The van der Waals surface area contributed by atoms with Gasteiger partial charge >= 0.3 is 0 Å². The minimum atomic E-state index is -0.418. The maximum atomic E-state index is 5.93. The van der Waals surface area contributed by atoms with Crippen LogP contribution in [0.15, 0.2) is 168 Å². The first-order chi connectivity index (χ1) is 24.0. The smallest absolute Gasteiger partial charge is 0.127 e. The summed E-state index contributed by atoms with van der Waals surface area (Å²) in [5, 5.41) is 0. The fourth-order valence-corrected chi connectivity index (χ4v) is 5.77. The minimum absolute atomic E-state index is 0.418. The maximum Gasteiger partial charge on any atom is 0.127 e. The normalized spacial score (nSPS) is 10.7. The molecule has 0 aromatic heterocycles. The Balaban J connectivity index is 1.50. The molecular formula is C45H38N2O2. The Hall–Kier alpha value is -6.18. The summed E-state index contributed by atoms with van der Waals surface area (Å²) < 4.78 is 11.9. The van der Waals surface area contributed by atoms with Gasteiger partial charge in [-0.1, -0.05) is 123 Å². The summed E-state index contributed by atoms with van der Waals surface area (Å²) in [6, 6.07) is 52.9. The molecule has 240 valence electrons. The maximum absolute atomic E-state index is 5.93. The van der Waals surface area contributed by atoms with Crippen molar-refractivity contribution in [1.29, 1.82) is 0 Å². The molecule has 0 saturated heterocycles. The van der Waals surface area contributed by atoms with Gasteiger partial charge in [-0.25, -0.2) is 9.98 Å². The van der Waals surface area contributed by atoms with Gasteiger partial charge in [0.1, 0.15) is 11.5 Å². The Morgan fingerprint density at radius 2 is 0.816 bits per heavy atom. The summed E-state index contributed by atoms with van der Waals surface area (Å²) in [5.41, 5.74) is 8.97. The number of para-hydroxylation sites is 2. The van der Waals surface area contributed by atoms with Gasteiger partial charge in [-0.3, -0.25) is 0 Å². The number of hydrogen-bond acceptors (Lipinski definition) is 4. The van der Waals surface area contributed by atoms with Crippen molar-refractivity contribution in [2.24, 2.45) is 9.98 Å². The van der Waals surface area contributed by atoms with E-state index in [0.29, 0.717) is 0 Å². The van der Waals surface area contributed by atoms with Crippen LogP contribution in [0.5, 0.6) is 11.5 Å². The lowest BCUT2D eigenvalue weighted by Crippen LogP contribution is -2.20. The molecule has 4 heteroatoms. The molecule has 4 nitrogen and oxygen atoms in total. The minimum Gasteiger partial charge on any atom is -0.496 e. The Bertz CT molecular complexity index is 2000. The summed E-state index contributed by atoms with van der Waals surface area (Å²) in [6.45, 7) is 4.47. The van der Waals surface area contributed by atoms with Crippen LogP contribution >= 0.6 is 0 Å². The summed E-state index contributed by atoms with van der Waals surface area (Å²) in [7, 11) is 3.40. The first kappa shape index (κ1) is 32.7. The van der Waals surface area contributed by atoms with Crippen molar-refractivity contribution >= 4 is 34.3 Å². The van der Waals surface area contributed by atoms with Gasteiger partial charge in [0, 0.05) is 16.5 Å². The lowest BCUT2D eigenvalue weighted by molar-refractivity contribution is 0.412. The highest BCUT2D eigenvalue weighted by Gasteiger charge is 2.27. The van der Waals surface area contributed by atoms with E-state index >= 15 is 0 Å². The summed E-state index contributed by atoms with van der Waals surface area (Å²) in [5.74, 6) is 8.23. The highest BCUT2D eigenvalue weighted by molar-refractivity contribution is 6.02. The van der Waals surface area contributed by atoms with Crippen LogP contribution in [0.1, 0.15) is 47.2 Å². The largest absolute Gasteiger partial charge is 0.496 e. The van der Waals surface area contributed by atoms with E-state index in [1.165, 1.54) is 0 Å². The molecule has 0 unspecified atom stereocenters. The fraction of sp³-hybridized carbons (Fsp3) is 0.111. The molecule has 0 spiro atoms. The number of methoxy groups -OCH3 is 2. The Labute approximate surface area is 289 Å².